The molecule has 0 radical (unpaired) electrons. The van der Waals surface area contributed by atoms with E-state index in [0.29, 0.717) is 35.4 Å². The summed E-state index contributed by atoms with van der Waals surface area (Å²) < 4.78 is 37.8. The quantitative estimate of drug-likeness (QED) is 0.731. The molecule has 3 heterocycles. The highest BCUT2D eigenvalue weighted by Gasteiger charge is 2.58. The number of hydrogen-bond acceptors (Lipinski definition) is 6. The molecule has 2 aromatic heterocycles. The first-order chi connectivity index (χ1) is 15.6. The minimum absolute atomic E-state index is 0.0430. The van der Waals surface area contributed by atoms with Crippen molar-refractivity contribution in [2.24, 2.45) is 11.8 Å². The molecule has 2 aromatic rings. The second-order valence-corrected chi connectivity index (χ2v) is 9.60. The zero-order chi connectivity index (χ0) is 21.8. The molecule has 4 aliphatic rings. The third-order valence-electron chi connectivity index (χ3n) is 7.90. The number of ether oxygens (including phenoxy) is 2. The van der Waals surface area contributed by atoms with Crippen LogP contribution in [0.2, 0.25) is 0 Å². The number of nitrogens with zero attached hydrogens (tertiary/aromatic N) is 4. The number of pyridine rings is 1. The van der Waals surface area contributed by atoms with Gasteiger partial charge in [0.25, 0.3) is 0 Å². The number of halogens is 2. The van der Waals surface area contributed by atoms with E-state index >= 15 is 0 Å². The van der Waals surface area contributed by atoms with Crippen molar-refractivity contribution in [2.75, 3.05) is 32.0 Å². The van der Waals surface area contributed by atoms with E-state index in [1.54, 1.807) is 6.20 Å². The van der Waals surface area contributed by atoms with Crippen LogP contribution in [0.15, 0.2) is 18.3 Å². The molecule has 0 amide bonds. The molecule has 0 spiro atoms. The van der Waals surface area contributed by atoms with E-state index in [2.05, 4.69) is 25.4 Å². The molecule has 3 saturated carbocycles. The second-order valence-electron chi connectivity index (χ2n) is 9.60. The van der Waals surface area contributed by atoms with Crippen molar-refractivity contribution in [3.05, 3.63) is 24.0 Å². The maximum atomic E-state index is 12.7. The third kappa shape index (κ3) is 3.55. The Balaban J connectivity index is 1.24. The smallest absolute Gasteiger partial charge is 0.387 e. The zero-order valence-corrected chi connectivity index (χ0v) is 18.0. The van der Waals surface area contributed by atoms with Crippen molar-refractivity contribution >= 4 is 5.82 Å². The van der Waals surface area contributed by atoms with Gasteiger partial charge in [-0.3, -0.25) is 9.58 Å². The molecular weight excluding hydrogens is 416 g/mol. The van der Waals surface area contributed by atoms with E-state index in [9.17, 15) is 8.78 Å². The van der Waals surface area contributed by atoms with Gasteiger partial charge in [-0.05, 0) is 56.1 Å². The van der Waals surface area contributed by atoms with Gasteiger partial charge in [0.05, 0.1) is 24.9 Å². The lowest BCUT2D eigenvalue weighted by atomic mass is 9.92. The number of aromatic nitrogens is 3. The summed E-state index contributed by atoms with van der Waals surface area (Å²) in [4.78, 5) is 6.66. The van der Waals surface area contributed by atoms with E-state index in [1.165, 1.54) is 31.0 Å². The van der Waals surface area contributed by atoms with Crippen LogP contribution >= 0.6 is 0 Å². The molecule has 0 bridgehead atoms. The Morgan fingerprint density at radius 1 is 1.09 bits per heavy atom. The van der Waals surface area contributed by atoms with Gasteiger partial charge in [-0.15, -0.1) is 0 Å². The number of nitrogens with two attached hydrogens (primary N) is 1. The highest BCUT2D eigenvalue weighted by Crippen LogP contribution is 2.64. The normalized spacial score (nSPS) is 30.3. The number of hydrogen-bond donors (Lipinski definition) is 1. The molecule has 32 heavy (non-hydrogen) atoms. The molecule has 6 rings (SSSR count). The van der Waals surface area contributed by atoms with Gasteiger partial charge in [-0.25, -0.2) is 4.98 Å². The number of fused-ring (bicyclic) bond motifs is 1. The Hall–Kier alpha value is -2.26. The second kappa shape index (κ2) is 7.95. The van der Waals surface area contributed by atoms with Gasteiger partial charge in [0, 0.05) is 42.5 Å². The molecule has 1 saturated heterocycles. The number of anilines is 1. The summed E-state index contributed by atoms with van der Waals surface area (Å²) in [6, 6.07) is 4.78. The number of nitrogen functional groups attached to an aromatic ring is 1. The SMILES string of the molecule is Nc1ncc(-c2cc([C@@H]3[C@@H]4CC(N5CCOCC5)C[C@@H]43)n(C3CCC3)n2)cc1OC(F)F. The average Bonchev–Trinajstić information content (AvgIpc) is 3.09. The summed E-state index contributed by atoms with van der Waals surface area (Å²) in [6.45, 7) is 0.848. The van der Waals surface area contributed by atoms with Crippen molar-refractivity contribution < 1.29 is 18.3 Å². The largest absolute Gasteiger partial charge is 0.431 e. The minimum Gasteiger partial charge on any atom is -0.431 e. The fraction of sp³-hybridized carbons (Fsp3) is 0.652. The molecular formula is C23H29F2N5O2. The van der Waals surface area contributed by atoms with Gasteiger partial charge in [0.1, 0.15) is 0 Å². The summed E-state index contributed by atoms with van der Waals surface area (Å²) in [5, 5.41) is 4.92. The van der Waals surface area contributed by atoms with Crippen molar-refractivity contribution in [3.63, 3.8) is 0 Å². The Labute approximate surface area is 185 Å². The van der Waals surface area contributed by atoms with Crippen molar-refractivity contribution in [1.82, 2.24) is 19.7 Å². The van der Waals surface area contributed by atoms with E-state index in [-0.39, 0.29) is 11.6 Å². The van der Waals surface area contributed by atoms with Crippen molar-refractivity contribution in [3.8, 4) is 17.0 Å². The molecule has 7 nitrogen and oxygen atoms in total. The Morgan fingerprint density at radius 3 is 2.50 bits per heavy atom. The van der Waals surface area contributed by atoms with Crippen LogP contribution in [-0.2, 0) is 4.74 Å². The van der Waals surface area contributed by atoms with Gasteiger partial charge in [-0.1, -0.05) is 0 Å². The van der Waals surface area contributed by atoms with Crippen LogP contribution in [0.1, 0.15) is 49.8 Å². The summed E-state index contributed by atoms with van der Waals surface area (Å²) >= 11 is 0. The first kappa shape index (κ1) is 20.4. The van der Waals surface area contributed by atoms with E-state index in [0.717, 1.165) is 44.8 Å². The van der Waals surface area contributed by atoms with E-state index < -0.39 is 6.61 Å². The zero-order valence-electron chi connectivity index (χ0n) is 18.0. The highest BCUT2D eigenvalue weighted by atomic mass is 19.3. The Morgan fingerprint density at radius 2 is 1.84 bits per heavy atom. The first-order valence-electron chi connectivity index (χ1n) is 11.7. The molecule has 1 unspecified atom stereocenters. The fourth-order valence-electron chi connectivity index (χ4n) is 6.00. The lowest BCUT2D eigenvalue weighted by molar-refractivity contribution is -0.0494. The molecule has 172 valence electrons. The van der Waals surface area contributed by atoms with Crippen LogP contribution in [0, 0.1) is 11.8 Å². The van der Waals surface area contributed by atoms with Crippen molar-refractivity contribution in [2.45, 2.75) is 56.7 Å². The minimum atomic E-state index is -2.94. The molecule has 1 aliphatic heterocycles. The van der Waals surface area contributed by atoms with Crippen LogP contribution in [0.5, 0.6) is 5.75 Å². The number of rotatable bonds is 6. The average molecular weight is 446 g/mol. The van der Waals surface area contributed by atoms with Crippen LogP contribution in [0.4, 0.5) is 14.6 Å². The fourth-order valence-corrected chi connectivity index (χ4v) is 6.00. The predicted molar refractivity (Wildman–Crippen MR) is 115 cm³/mol. The van der Waals surface area contributed by atoms with Crippen LogP contribution in [0.3, 0.4) is 0 Å². The summed E-state index contributed by atoms with van der Waals surface area (Å²) in [7, 11) is 0. The topological polar surface area (TPSA) is 78.4 Å². The highest BCUT2D eigenvalue weighted by molar-refractivity contribution is 5.64. The van der Waals surface area contributed by atoms with Gasteiger partial charge in [-0.2, -0.15) is 13.9 Å². The molecule has 0 aromatic carbocycles. The van der Waals surface area contributed by atoms with E-state index in [4.69, 9.17) is 15.6 Å². The maximum Gasteiger partial charge on any atom is 0.387 e. The van der Waals surface area contributed by atoms with Crippen LogP contribution < -0.4 is 10.5 Å². The lowest BCUT2D eigenvalue weighted by Gasteiger charge is -2.33. The molecule has 4 fully saturated rings. The summed E-state index contributed by atoms with van der Waals surface area (Å²) in [5.74, 6) is 1.84. The summed E-state index contributed by atoms with van der Waals surface area (Å²) in [5.41, 5.74) is 8.43. The summed E-state index contributed by atoms with van der Waals surface area (Å²) in [6.07, 6.45) is 7.60. The molecule has 3 aliphatic carbocycles. The first-order valence-corrected chi connectivity index (χ1v) is 11.7. The molecule has 9 heteroatoms. The van der Waals surface area contributed by atoms with Gasteiger partial charge < -0.3 is 15.2 Å². The monoisotopic (exact) mass is 445 g/mol. The third-order valence-corrected chi connectivity index (χ3v) is 7.90. The maximum absolute atomic E-state index is 12.7. The van der Waals surface area contributed by atoms with Crippen LogP contribution in [0.25, 0.3) is 11.3 Å². The standard InChI is InChI=1S/C23H29F2N5O2/c24-23(25)32-20-8-13(12-27-22(20)26)18-11-19(30(28-18)14-2-1-3-14)21-16-9-15(10-17(16)21)29-4-6-31-7-5-29/h8,11-12,14-17,21,23H,1-7,9-10H2,(H2,26,27)/t15?,16-,17+,21-. The van der Waals surface area contributed by atoms with Crippen LogP contribution in [-0.4, -0.2) is 58.6 Å². The number of morpholine rings is 1. The Bertz CT molecular complexity index is 977. The molecule has 2 N–H and O–H groups in total. The van der Waals surface area contributed by atoms with Crippen molar-refractivity contribution in [1.29, 1.82) is 0 Å². The van der Waals surface area contributed by atoms with Gasteiger partial charge in [0.15, 0.2) is 11.6 Å². The van der Waals surface area contributed by atoms with Gasteiger partial charge >= 0.3 is 6.61 Å². The number of alkyl halides is 2. The Kier molecular flexibility index (Phi) is 5.06. The lowest BCUT2D eigenvalue weighted by Crippen LogP contribution is -2.43. The van der Waals surface area contributed by atoms with Gasteiger partial charge in [0.2, 0.25) is 0 Å². The molecule has 4 atom stereocenters. The predicted octanol–water partition coefficient (Wildman–Crippen LogP) is 3.68. The van der Waals surface area contributed by atoms with E-state index in [1.807, 2.05) is 0 Å².